The van der Waals surface area contributed by atoms with Gasteiger partial charge in [0.1, 0.15) is 11.3 Å². The van der Waals surface area contributed by atoms with Gasteiger partial charge in [-0.25, -0.2) is 9.78 Å². The number of rotatable bonds is 3. The summed E-state index contributed by atoms with van der Waals surface area (Å²) in [5.41, 5.74) is -0.0153. The molecule has 10 heteroatoms. The Bertz CT molecular complexity index is 1250. The lowest BCUT2D eigenvalue weighted by atomic mass is 9.96. The Morgan fingerprint density at radius 3 is 2.77 bits per heavy atom. The van der Waals surface area contributed by atoms with Crippen LogP contribution in [0.25, 0.3) is 11.0 Å². The van der Waals surface area contributed by atoms with E-state index in [1.165, 1.54) is 0 Å². The van der Waals surface area contributed by atoms with Crippen LogP contribution in [0.5, 0.6) is 0 Å². The molecular formula is C21H22N6O4. The third kappa shape index (κ3) is 3.54. The molecule has 3 aromatic rings. The molecule has 3 N–H and O–H groups in total. The molecule has 0 bridgehead atoms. The molecular weight excluding hydrogens is 400 g/mol. The van der Waals surface area contributed by atoms with Crippen molar-refractivity contribution in [1.29, 1.82) is 0 Å². The summed E-state index contributed by atoms with van der Waals surface area (Å²) in [7, 11) is 0. The Labute approximate surface area is 176 Å². The van der Waals surface area contributed by atoms with Crippen molar-refractivity contribution in [3.63, 3.8) is 0 Å². The molecule has 0 saturated carbocycles. The molecule has 160 valence electrons. The second kappa shape index (κ2) is 7.53. The van der Waals surface area contributed by atoms with Crippen LogP contribution in [-0.4, -0.2) is 67.2 Å². The lowest BCUT2D eigenvalue weighted by Crippen LogP contribution is -2.41. The average Bonchev–Trinajstić information content (AvgIpc) is 3.51. The van der Waals surface area contributed by atoms with Gasteiger partial charge in [0.25, 0.3) is 17.4 Å². The minimum absolute atomic E-state index is 0.0142. The van der Waals surface area contributed by atoms with Crippen LogP contribution in [0.4, 0.5) is 0 Å². The average molecular weight is 422 g/mol. The van der Waals surface area contributed by atoms with Gasteiger partial charge in [0.15, 0.2) is 0 Å². The molecule has 0 spiro atoms. The number of pyridine rings is 1. The molecule has 0 radical (unpaired) electrons. The standard InChI is InChI=1S/C21H22N6O4/c28-17-9-15(24-21(31)25-17)20(30)26-7-4-13(11-26)16-2-1-6-27(16)19(29)14-8-12-3-5-22-18(12)23-10-14/h3,5,8-10,13,16H,1-2,4,6-7,11H2,(H,22,23)(H2,24,25,28,31). The van der Waals surface area contributed by atoms with Crippen LogP contribution in [-0.2, 0) is 0 Å². The number of hydrogen-bond acceptors (Lipinski definition) is 5. The predicted octanol–water partition coefficient (Wildman–Crippen LogP) is 0.706. The van der Waals surface area contributed by atoms with E-state index in [0.29, 0.717) is 25.2 Å². The quantitative estimate of drug-likeness (QED) is 0.571. The Morgan fingerprint density at radius 1 is 1.06 bits per heavy atom. The van der Waals surface area contributed by atoms with Crippen molar-refractivity contribution < 1.29 is 9.59 Å². The van der Waals surface area contributed by atoms with Crippen molar-refractivity contribution in [2.45, 2.75) is 25.3 Å². The molecule has 0 aromatic carbocycles. The fourth-order valence-corrected chi connectivity index (χ4v) is 4.80. The van der Waals surface area contributed by atoms with Crippen LogP contribution in [0.2, 0.25) is 0 Å². The van der Waals surface area contributed by atoms with E-state index in [9.17, 15) is 19.2 Å². The summed E-state index contributed by atoms with van der Waals surface area (Å²) >= 11 is 0. The first-order chi connectivity index (χ1) is 15.0. The zero-order chi connectivity index (χ0) is 21.5. The van der Waals surface area contributed by atoms with Crippen molar-refractivity contribution in [3.05, 3.63) is 62.7 Å². The number of H-pyrrole nitrogens is 3. The van der Waals surface area contributed by atoms with Gasteiger partial charge in [-0.3, -0.25) is 19.4 Å². The number of hydrogen-bond donors (Lipinski definition) is 3. The summed E-state index contributed by atoms with van der Waals surface area (Å²) in [6.45, 7) is 1.69. The number of nitrogens with zero attached hydrogens (tertiary/aromatic N) is 3. The van der Waals surface area contributed by atoms with Crippen LogP contribution in [0, 0.1) is 5.92 Å². The Morgan fingerprint density at radius 2 is 1.94 bits per heavy atom. The van der Waals surface area contributed by atoms with Gasteiger partial charge in [0.2, 0.25) is 0 Å². The Hall–Kier alpha value is -3.69. The third-order valence-corrected chi connectivity index (χ3v) is 6.25. The number of aromatic nitrogens is 4. The van der Waals surface area contributed by atoms with E-state index >= 15 is 0 Å². The highest BCUT2D eigenvalue weighted by Gasteiger charge is 2.39. The molecule has 3 aromatic heterocycles. The lowest BCUT2D eigenvalue weighted by Gasteiger charge is -2.29. The van der Waals surface area contributed by atoms with Gasteiger partial charge in [-0.05, 0) is 37.3 Å². The molecule has 2 aliphatic rings. The summed E-state index contributed by atoms with van der Waals surface area (Å²) in [5, 5.41) is 0.895. The van der Waals surface area contributed by atoms with E-state index in [-0.39, 0.29) is 29.5 Å². The molecule has 5 rings (SSSR count). The van der Waals surface area contributed by atoms with E-state index in [1.807, 2.05) is 17.0 Å². The maximum atomic E-state index is 13.2. The minimum Gasteiger partial charge on any atom is -0.346 e. The van der Waals surface area contributed by atoms with E-state index < -0.39 is 11.2 Å². The van der Waals surface area contributed by atoms with Gasteiger partial charge in [-0.1, -0.05) is 0 Å². The topological polar surface area (TPSA) is 135 Å². The first-order valence-corrected chi connectivity index (χ1v) is 10.4. The van der Waals surface area contributed by atoms with E-state index in [2.05, 4.69) is 19.9 Å². The van der Waals surface area contributed by atoms with Crippen LogP contribution in [0.3, 0.4) is 0 Å². The summed E-state index contributed by atoms with van der Waals surface area (Å²) in [4.78, 5) is 64.3. The maximum Gasteiger partial charge on any atom is 0.326 e. The fourth-order valence-electron chi connectivity index (χ4n) is 4.80. The number of fused-ring (bicyclic) bond motifs is 1. The molecule has 31 heavy (non-hydrogen) atoms. The van der Waals surface area contributed by atoms with Gasteiger partial charge >= 0.3 is 5.69 Å². The molecule has 2 amide bonds. The highest BCUT2D eigenvalue weighted by Crippen LogP contribution is 2.32. The third-order valence-electron chi connectivity index (χ3n) is 6.25. The molecule has 10 nitrogen and oxygen atoms in total. The van der Waals surface area contributed by atoms with Gasteiger partial charge in [0, 0.05) is 49.5 Å². The van der Waals surface area contributed by atoms with Crippen molar-refractivity contribution in [1.82, 2.24) is 29.7 Å². The lowest BCUT2D eigenvalue weighted by molar-refractivity contribution is 0.0680. The monoisotopic (exact) mass is 422 g/mol. The van der Waals surface area contributed by atoms with E-state index in [0.717, 1.165) is 36.4 Å². The molecule has 2 unspecified atom stereocenters. The number of carbonyl (C=O) groups excluding carboxylic acids is 2. The number of amides is 2. The molecule has 0 aliphatic carbocycles. The van der Waals surface area contributed by atoms with Gasteiger partial charge < -0.3 is 19.8 Å². The Balaban J connectivity index is 1.31. The van der Waals surface area contributed by atoms with Gasteiger partial charge in [0.05, 0.1) is 5.56 Å². The minimum atomic E-state index is -0.702. The van der Waals surface area contributed by atoms with Crippen molar-refractivity contribution in [3.8, 4) is 0 Å². The van der Waals surface area contributed by atoms with Crippen molar-refractivity contribution >= 4 is 22.8 Å². The predicted molar refractivity (Wildman–Crippen MR) is 112 cm³/mol. The number of carbonyl (C=O) groups is 2. The number of nitrogens with one attached hydrogen (secondary N) is 3. The summed E-state index contributed by atoms with van der Waals surface area (Å²) in [5.74, 6) is -0.265. The molecule has 2 aliphatic heterocycles. The van der Waals surface area contributed by atoms with Crippen LogP contribution in [0.15, 0.2) is 40.2 Å². The van der Waals surface area contributed by atoms with Crippen molar-refractivity contribution in [2.24, 2.45) is 5.92 Å². The zero-order valence-electron chi connectivity index (χ0n) is 16.8. The first kappa shape index (κ1) is 19.3. The summed E-state index contributed by atoms with van der Waals surface area (Å²) in [6, 6.07) is 4.89. The number of likely N-dealkylation sites (tertiary alicyclic amines) is 2. The smallest absolute Gasteiger partial charge is 0.326 e. The maximum absolute atomic E-state index is 13.2. The first-order valence-electron chi connectivity index (χ1n) is 10.4. The molecule has 2 atom stereocenters. The van der Waals surface area contributed by atoms with Gasteiger partial charge in [-0.2, -0.15) is 0 Å². The van der Waals surface area contributed by atoms with Crippen molar-refractivity contribution in [2.75, 3.05) is 19.6 Å². The zero-order valence-corrected chi connectivity index (χ0v) is 16.8. The van der Waals surface area contributed by atoms with Crippen LogP contribution in [0.1, 0.15) is 40.1 Å². The highest BCUT2D eigenvalue weighted by atomic mass is 16.2. The van der Waals surface area contributed by atoms with Gasteiger partial charge in [-0.15, -0.1) is 0 Å². The molecule has 2 saturated heterocycles. The Kier molecular flexibility index (Phi) is 4.68. The fraction of sp³-hybridized carbons (Fsp3) is 0.381. The van der Waals surface area contributed by atoms with E-state index in [4.69, 9.17) is 0 Å². The SMILES string of the molecule is O=C(c1cc(=O)[nH]c(=O)[nH]1)N1CCC(C2CCCN2C(=O)c2cnc3[nH]ccc3c2)C1. The molecule has 5 heterocycles. The van der Waals surface area contributed by atoms with Crippen LogP contribution < -0.4 is 11.2 Å². The number of aromatic amines is 3. The second-order valence-electron chi connectivity index (χ2n) is 8.15. The van der Waals surface area contributed by atoms with E-state index in [1.54, 1.807) is 17.3 Å². The largest absolute Gasteiger partial charge is 0.346 e. The second-order valence-corrected chi connectivity index (χ2v) is 8.15. The molecule has 2 fully saturated rings. The highest BCUT2D eigenvalue weighted by molar-refractivity contribution is 5.97. The normalized spacial score (nSPS) is 21.2. The summed E-state index contributed by atoms with van der Waals surface area (Å²) < 4.78 is 0. The summed E-state index contributed by atoms with van der Waals surface area (Å²) in [6.07, 6.45) is 5.97. The van der Waals surface area contributed by atoms with Crippen LogP contribution >= 0.6 is 0 Å².